The van der Waals surface area contributed by atoms with E-state index >= 15 is 0 Å². The zero-order chi connectivity index (χ0) is 37.5. The number of fused-ring (bicyclic) bond motifs is 2. The van der Waals surface area contributed by atoms with Crippen LogP contribution in [0.4, 0.5) is 17.1 Å². The Morgan fingerprint density at radius 1 is 0.294 bits per heavy atom. The molecule has 0 saturated heterocycles. The molecule has 240 valence electrons. The third kappa shape index (κ3) is 5.65. The summed E-state index contributed by atoms with van der Waals surface area (Å²) in [5.74, 6) is 0. The van der Waals surface area contributed by atoms with Crippen molar-refractivity contribution in [3.63, 3.8) is 0 Å². The summed E-state index contributed by atoms with van der Waals surface area (Å²) < 4.78 is 38.5. The van der Waals surface area contributed by atoms with Crippen molar-refractivity contribution in [1.82, 2.24) is 0 Å². The van der Waals surface area contributed by atoms with Gasteiger partial charge >= 0.3 is 0 Å². The minimum Gasteiger partial charge on any atom is -0.309 e. The van der Waals surface area contributed by atoms with Crippen molar-refractivity contribution < 1.29 is 5.48 Å². The molecule has 0 fully saturated rings. The van der Waals surface area contributed by atoms with Crippen LogP contribution in [0.3, 0.4) is 0 Å². The Morgan fingerprint density at radius 3 is 1.47 bits per heavy atom. The summed E-state index contributed by atoms with van der Waals surface area (Å²) in [5.41, 5.74) is 8.86. The molecule has 0 aliphatic rings. The van der Waals surface area contributed by atoms with Crippen molar-refractivity contribution in [2.24, 2.45) is 0 Å². The van der Waals surface area contributed by atoms with E-state index in [9.17, 15) is 5.48 Å². The van der Waals surface area contributed by atoms with Gasteiger partial charge in [0.15, 0.2) is 0 Å². The van der Waals surface area contributed by atoms with Crippen molar-refractivity contribution in [2.45, 2.75) is 0 Å². The van der Waals surface area contributed by atoms with E-state index in [1.807, 2.05) is 108 Å². The molecule has 1 nitrogen and oxygen atoms in total. The molecule has 0 heterocycles. The minimum absolute atomic E-state index is 0.0905. The lowest BCUT2D eigenvalue weighted by Crippen LogP contribution is -2.12. The minimum atomic E-state index is -0.116. The van der Waals surface area contributed by atoms with Crippen LogP contribution in [0.1, 0.15) is 5.48 Å². The number of anilines is 3. The quantitative estimate of drug-likeness (QED) is 0.165. The molecule has 0 N–H and O–H groups in total. The van der Waals surface area contributed by atoms with Crippen LogP contribution >= 0.6 is 0 Å². The predicted octanol–water partition coefficient (Wildman–Crippen LogP) is 14.1. The van der Waals surface area contributed by atoms with Crippen LogP contribution < -0.4 is 4.90 Å². The molecule has 0 radical (unpaired) electrons. The molecule has 0 atom stereocenters. The Labute approximate surface area is 305 Å². The summed E-state index contributed by atoms with van der Waals surface area (Å²) in [4.78, 5) is 1.94. The van der Waals surface area contributed by atoms with Gasteiger partial charge in [0.2, 0.25) is 0 Å². The van der Waals surface area contributed by atoms with E-state index in [1.54, 1.807) is 0 Å². The second kappa shape index (κ2) is 13.3. The second-order valence-electron chi connectivity index (χ2n) is 12.6. The van der Waals surface area contributed by atoms with Gasteiger partial charge in [0.1, 0.15) is 0 Å². The van der Waals surface area contributed by atoms with Gasteiger partial charge in [0.05, 0.1) is 16.9 Å². The predicted molar refractivity (Wildman–Crippen MR) is 218 cm³/mol. The monoisotopic (exact) mass is 653 g/mol. The zero-order valence-electron chi connectivity index (χ0n) is 31.8. The first-order valence-electron chi connectivity index (χ1n) is 19.2. The first kappa shape index (κ1) is 26.2. The lowest BCUT2D eigenvalue weighted by Gasteiger charge is -2.29. The molecule has 0 spiro atoms. The fourth-order valence-electron chi connectivity index (χ4n) is 7.21. The van der Waals surface area contributed by atoms with Crippen LogP contribution in [0.25, 0.3) is 66.1 Å². The normalized spacial score (nSPS) is 12.2. The molecule has 0 amide bonds. The number of rotatable bonds is 7. The second-order valence-corrected chi connectivity index (χ2v) is 12.6. The van der Waals surface area contributed by atoms with Crippen LogP contribution in [-0.2, 0) is 0 Å². The Kier molecular flexibility index (Phi) is 6.84. The molecule has 0 bridgehead atoms. The molecule has 0 aromatic heterocycles. The lowest BCUT2D eigenvalue weighted by molar-refractivity contribution is 1.30. The highest BCUT2D eigenvalue weighted by Gasteiger charge is 2.21. The SMILES string of the molecule is [2H]c1c([2H])c(N(c2ccccc2-c2ccccc2-c2ccccc2-c2ccccc2)c2cccc3ccccc23)c([2H])c([2H])c1-c1cccc2ccccc12. The molecule has 51 heavy (non-hydrogen) atoms. The van der Waals surface area contributed by atoms with Crippen LogP contribution in [0.2, 0.25) is 0 Å². The zero-order valence-corrected chi connectivity index (χ0v) is 27.8. The molecular weight excluding hydrogens is 615 g/mol. The average molecular weight is 654 g/mol. The van der Waals surface area contributed by atoms with E-state index < -0.39 is 0 Å². The summed E-state index contributed by atoms with van der Waals surface area (Å²) in [7, 11) is 0. The van der Waals surface area contributed by atoms with Crippen molar-refractivity contribution in [3.05, 3.63) is 212 Å². The van der Waals surface area contributed by atoms with Crippen LogP contribution in [0.15, 0.2) is 212 Å². The Hall–Kier alpha value is -6.70. The molecule has 0 unspecified atom stereocenters. The van der Waals surface area contributed by atoms with Crippen LogP contribution in [0, 0.1) is 0 Å². The first-order chi connectivity index (χ1) is 27.0. The van der Waals surface area contributed by atoms with Crippen molar-refractivity contribution in [1.29, 1.82) is 0 Å². The maximum absolute atomic E-state index is 9.71. The molecule has 0 aliphatic heterocycles. The van der Waals surface area contributed by atoms with E-state index in [-0.39, 0.29) is 35.4 Å². The van der Waals surface area contributed by atoms with Gasteiger partial charge in [0.25, 0.3) is 0 Å². The standard InChI is InChI=1S/C50H35N/c1-2-16-36(17-3-1)43-23-8-9-25-45(43)46-26-10-11-27-47(46)48-28-12-13-30-50(48)51(49-31-15-21-38-19-5-7-24-44(38)49)40-34-32-39(33-35-40)42-29-14-20-37-18-4-6-22-41(37)42/h1-35H/i32D,33D,34D,35D. The molecular formula is C50H35N. The maximum Gasteiger partial charge on any atom is 0.0645 e. The maximum atomic E-state index is 9.71. The summed E-state index contributed by atoms with van der Waals surface area (Å²) in [5, 5.41) is 3.78. The summed E-state index contributed by atoms with van der Waals surface area (Å²) in [6, 6.07) is 62.6. The van der Waals surface area contributed by atoms with Gasteiger partial charge in [-0.2, -0.15) is 0 Å². The summed E-state index contributed by atoms with van der Waals surface area (Å²) in [6.07, 6.45) is 0. The van der Waals surface area contributed by atoms with E-state index in [4.69, 9.17) is 0 Å². The lowest BCUT2D eigenvalue weighted by atomic mass is 9.88. The van der Waals surface area contributed by atoms with Gasteiger partial charge in [-0.15, -0.1) is 0 Å². The average Bonchev–Trinajstić information content (AvgIpc) is 3.25. The van der Waals surface area contributed by atoms with E-state index in [0.717, 1.165) is 66.3 Å². The highest BCUT2D eigenvalue weighted by Crippen LogP contribution is 2.46. The van der Waals surface area contributed by atoms with Gasteiger partial charge < -0.3 is 4.90 Å². The number of hydrogen-bond donors (Lipinski definition) is 0. The topological polar surface area (TPSA) is 3.24 Å². The number of benzene rings is 9. The molecule has 0 saturated carbocycles. The van der Waals surface area contributed by atoms with Crippen molar-refractivity contribution >= 4 is 38.6 Å². The third-order valence-corrected chi connectivity index (χ3v) is 9.57. The highest BCUT2D eigenvalue weighted by molar-refractivity contribution is 6.03. The molecule has 9 aromatic rings. The smallest absolute Gasteiger partial charge is 0.0645 e. The first-order valence-corrected chi connectivity index (χ1v) is 17.2. The van der Waals surface area contributed by atoms with Gasteiger partial charge in [-0.05, 0) is 79.3 Å². The fourth-order valence-corrected chi connectivity index (χ4v) is 7.21. The molecule has 1 heteroatoms. The third-order valence-electron chi connectivity index (χ3n) is 9.57. The summed E-state index contributed by atoms with van der Waals surface area (Å²) >= 11 is 0. The van der Waals surface area contributed by atoms with E-state index in [1.165, 1.54) is 0 Å². The number of para-hydroxylation sites is 1. The van der Waals surface area contributed by atoms with E-state index in [0.29, 0.717) is 5.56 Å². The van der Waals surface area contributed by atoms with Crippen molar-refractivity contribution in [2.75, 3.05) is 4.90 Å². The van der Waals surface area contributed by atoms with Crippen LogP contribution in [-0.4, -0.2) is 0 Å². The van der Waals surface area contributed by atoms with Crippen LogP contribution in [0.5, 0.6) is 0 Å². The Morgan fingerprint density at radius 2 is 0.745 bits per heavy atom. The van der Waals surface area contributed by atoms with E-state index in [2.05, 4.69) is 84.9 Å². The molecule has 9 rings (SSSR count). The van der Waals surface area contributed by atoms with Gasteiger partial charge in [-0.25, -0.2) is 0 Å². The van der Waals surface area contributed by atoms with Gasteiger partial charge in [-0.3, -0.25) is 0 Å². The van der Waals surface area contributed by atoms with Gasteiger partial charge in [-0.1, -0.05) is 188 Å². The summed E-state index contributed by atoms with van der Waals surface area (Å²) in [6.45, 7) is 0. The molecule has 9 aromatic carbocycles. The van der Waals surface area contributed by atoms with Gasteiger partial charge in [0, 0.05) is 16.6 Å². The number of hydrogen-bond acceptors (Lipinski definition) is 1. The Balaban J connectivity index is 1.33. The Bertz CT molecular complexity index is 2840. The van der Waals surface area contributed by atoms with Crippen molar-refractivity contribution in [3.8, 4) is 44.5 Å². The number of nitrogens with zero attached hydrogens (tertiary/aromatic N) is 1. The highest BCUT2D eigenvalue weighted by atomic mass is 15.1. The molecule has 0 aliphatic carbocycles. The largest absolute Gasteiger partial charge is 0.309 e. The fraction of sp³-hybridized carbons (Fsp3) is 0.